The van der Waals surface area contributed by atoms with Gasteiger partial charge in [-0.25, -0.2) is 9.37 Å². The van der Waals surface area contributed by atoms with Crippen molar-refractivity contribution in [1.82, 2.24) is 14.5 Å². The molecule has 0 aliphatic heterocycles. The van der Waals surface area contributed by atoms with E-state index in [1.807, 2.05) is 25.6 Å². The van der Waals surface area contributed by atoms with Crippen LogP contribution in [0.4, 0.5) is 4.39 Å². The van der Waals surface area contributed by atoms with Crippen LogP contribution in [-0.4, -0.2) is 35.1 Å². The number of rotatable bonds is 5. The Morgan fingerprint density at radius 2 is 2.00 bits per heavy atom. The summed E-state index contributed by atoms with van der Waals surface area (Å²) in [6.45, 7) is 4.91. The number of halogens is 3. The molecule has 116 valence electrons. The Hall–Kier alpha value is -0.840. The maximum atomic E-state index is 13.8. The number of hydrogen-bond donors (Lipinski definition) is 0. The lowest BCUT2D eigenvalue weighted by Gasteiger charge is -2.20. The van der Waals surface area contributed by atoms with Gasteiger partial charge in [0.15, 0.2) is 0 Å². The number of hydrogen-bond acceptors (Lipinski definition) is 2. The number of imidazole rings is 1. The minimum absolute atomic E-state index is 0.0851. The number of alkyl halides is 1. The van der Waals surface area contributed by atoms with Gasteiger partial charge in [0, 0.05) is 12.1 Å². The fourth-order valence-corrected chi connectivity index (χ4v) is 2.74. The Morgan fingerprint density at radius 3 is 2.57 bits per heavy atom. The standard InChI is InChI=1S/C15H20Cl2FN3/c1-9(5-6-20(3)4)21-14-8-12(18)11(17)7-13(14)19-15(21)10(2)16/h7-10H,5-6H2,1-4H3. The largest absolute Gasteiger partial charge is 0.324 e. The van der Waals surface area contributed by atoms with E-state index >= 15 is 0 Å². The summed E-state index contributed by atoms with van der Waals surface area (Å²) >= 11 is 12.1. The second kappa shape index (κ2) is 6.51. The van der Waals surface area contributed by atoms with E-state index in [2.05, 4.69) is 16.8 Å². The van der Waals surface area contributed by atoms with Crippen LogP contribution in [-0.2, 0) is 0 Å². The third-order valence-electron chi connectivity index (χ3n) is 3.55. The molecule has 2 unspecified atom stereocenters. The number of aromatic nitrogens is 2. The molecule has 0 N–H and O–H groups in total. The quantitative estimate of drug-likeness (QED) is 0.744. The summed E-state index contributed by atoms with van der Waals surface area (Å²) in [5.41, 5.74) is 1.42. The lowest BCUT2D eigenvalue weighted by Crippen LogP contribution is -2.18. The molecule has 0 radical (unpaired) electrons. The first kappa shape index (κ1) is 16.5. The second-order valence-corrected chi connectivity index (χ2v) is 6.71. The van der Waals surface area contributed by atoms with Gasteiger partial charge >= 0.3 is 0 Å². The molecular formula is C15H20Cl2FN3. The predicted octanol–water partition coefficient (Wildman–Crippen LogP) is 4.64. The van der Waals surface area contributed by atoms with Crippen molar-refractivity contribution in [3.63, 3.8) is 0 Å². The van der Waals surface area contributed by atoms with Crippen LogP contribution >= 0.6 is 23.2 Å². The van der Waals surface area contributed by atoms with Crippen LogP contribution in [0, 0.1) is 5.82 Å². The van der Waals surface area contributed by atoms with Crippen molar-refractivity contribution < 1.29 is 4.39 Å². The Morgan fingerprint density at radius 1 is 1.33 bits per heavy atom. The zero-order chi connectivity index (χ0) is 15.7. The lowest BCUT2D eigenvalue weighted by molar-refractivity contribution is 0.357. The van der Waals surface area contributed by atoms with Crippen LogP contribution in [0.3, 0.4) is 0 Å². The molecule has 0 bridgehead atoms. The fourth-order valence-electron chi connectivity index (χ4n) is 2.43. The smallest absolute Gasteiger partial charge is 0.144 e. The third kappa shape index (κ3) is 3.50. The summed E-state index contributed by atoms with van der Waals surface area (Å²) in [5, 5.41) is -0.164. The first-order valence-electron chi connectivity index (χ1n) is 6.97. The lowest BCUT2D eigenvalue weighted by atomic mass is 10.2. The molecule has 2 atom stereocenters. The zero-order valence-corrected chi connectivity index (χ0v) is 14.2. The van der Waals surface area contributed by atoms with Crippen LogP contribution in [0.2, 0.25) is 5.02 Å². The number of benzene rings is 1. The Kier molecular flexibility index (Phi) is 5.12. The molecule has 1 heterocycles. The van der Waals surface area contributed by atoms with E-state index in [4.69, 9.17) is 23.2 Å². The molecule has 0 fully saturated rings. The molecule has 0 spiro atoms. The van der Waals surface area contributed by atoms with Gasteiger partial charge in [-0.3, -0.25) is 0 Å². The maximum Gasteiger partial charge on any atom is 0.144 e. The first-order valence-corrected chi connectivity index (χ1v) is 7.78. The van der Waals surface area contributed by atoms with Crippen LogP contribution in [0.1, 0.15) is 37.5 Å². The summed E-state index contributed by atoms with van der Waals surface area (Å²) in [5.74, 6) is 0.318. The molecule has 6 heteroatoms. The SMILES string of the molecule is CC(Cl)c1nc2cc(Cl)c(F)cc2n1C(C)CCN(C)C. The monoisotopic (exact) mass is 331 g/mol. The van der Waals surface area contributed by atoms with Gasteiger partial charge in [0.05, 0.1) is 21.4 Å². The normalized spacial score (nSPS) is 14.9. The van der Waals surface area contributed by atoms with Crippen molar-refractivity contribution in [3.05, 3.63) is 28.8 Å². The molecule has 21 heavy (non-hydrogen) atoms. The van der Waals surface area contributed by atoms with E-state index in [9.17, 15) is 4.39 Å². The average Bonchev–Trinajstić information content (AvgIpc) is 2.75. The molecule has 2 rings (SSSR count). The molecule has 1 aromatic carbocycles. The molecule has 0 aliphatic carbocycles. The van der Waals surface area contributed by atoms with Crippen molar-refractivity contribution in [2.75, 3.05) is 20.6 Å². The van der Waals surface area contributed by atoms with Crippen LogP contribution in [0.25, 0.3) is 11.0 Å². The highest BCUT2D eigenvalue weighted by Gasteiger charge is 2.20. The van der Waals surface area contributed by atoms with E-state index in [1.54, 1.807) is 6.07 Å². The minimum atomic E-state index is -0.432. The Bertz CT molecular complexity index is 637. The van der Waals surface area contributed by atoms with Crippen molar-refractivity contribution in [2.24, 2.45) is 0 Å². The topological polar surface area (TPSA) is 21.1 Å². The number of fused-ring (bicyclic) bond motifs is 1. The Labute approximate surface area is 134 Å². The van der Waals surface area contributed by atoms with Crippen molar-refractivity contribution >= 4 is 34.2 Å². The van der Waals surface area contributed by atoms with Gasteiger partial charge in [0.25, 0.3) is 0 Å². The highest BCUT2D eigenvalue weighted by Crippen LogP contribution is 2.31. The van der Waals surface area contributed by atoms with Crippen molar-refractivity contribution in [3.8, 4) is 0 Å². The molecular weight excluding hydrogens is 312 g/mol. The fraction of sp³-hybridized carbons (Fsp3) is 0.533. The molecule has 0 saturated carbocycles. The average molecular weight is 332 g/mol. The molecule has 0 amide bonds. The first-order chi connectivity index (χ1) is 9.81. The van der Waals surface area contributed by atoms with E-state index in [0.717, 1.165) is 24.3 Å². The van der Waals surface area contributed by atoms with Crippen LogP contribution in [0.5, 0.6) is 0 Å². The Balaban J connectivity index is 2.52. The maximum absolute atomic E-state index is 13.8. The van der Waals surface area contributed by atoms with Gasteiger partial charge < -0.3 is 9.47 Å². The third-order valence-corrected chi connectivity index (χ3v) is 4.03. The molecule has 2 aromatic rings. The van der Waals surface area contributed by atoms with E-state index in [1.165, 1.54) is 6.07 Å². The summed E-state index contributed by atoms with van der Waals surface area (Å²) in [7, 11) is 4.06. The molecule has 0 saturated heterocycles. The van der Waals surface area contributed by atoms with Gasteiger partial charge in [-0.05, 0) is 47.0 Å². The van der Waals surface area contributed by atoms with E-state index in [0.29, 0.717) is 5.52 Å². The van der Waals surface area contributed by atoms with Gasteiger partial charge in [0.1, 0.15) is 11.6 Å². The highest BCUT2D eigenvalue weighted by atomic mass is 35.5. The predicted molar refractivity (Wildman–Crippen MR) is 86.9 cm³/mol. The van der Waals surface area contributed by atoms with E-state index < -0.39 is 5.82 Å². The van der Waals surface area contributed by atoms with Crippen LogP contribution in [0.15, 0.2) is 12.1 Å². The summed E-state index contributed by atoms with van der Waals surface area (Å²) in [4.78, 5) is 6.65. The zero-order valence-electron chi connectivity index (χ0n) is 12.7. The van der Waals surface area contributed by atoms with Gasteiger partial charge in [0.2, 0.25) is 0 Å². The van der Waals surface area contributed by atoms with Crippen molar-refractivity contribution in [2.45, 2.75) is 31.7 Å². The van der Waals surface area contributed by atoms with Gasteiger partial charge in [-0.15, -0.1) is 11.6 Å². The van der Waals surface area contributed by atoms with E-state index in [-0.39, 0.29) is 16.4 Å². The molecule has 1 aromatic heterocycles. The van der Waals surface area contributed by atoms with Crippen molar-refractivity contribution in [1.29, 1.82) is 0 Å². The summed E-state index contributed by atoms with van der Waals surface area (Å²) in [6.07, 6.45) is 0.930. The summed E-state index contributed by atoms with van der Waals surface area (Å²) < 4.78 is 15.8. The summed E-state index contributed by atoms with van der Waals surface area (Å²) in [6, 6.07) is 3.18. The molecule has 3 nitrogen and oxygen atoms in total. The number of nitrogens with zero attached hydrogens (tertiary/aromatic N) is 3. The highest BCUT2D eigenvalue weighted by molar-refractivity contribution is 6.31. The second-order valence-electron chi connectivity index (χ2n) is 5.65. The van der Waals surface area contributed by atoms with Gasteiger partial charge in [-0.1, -0.05) is 11.6 Å². The van der Waals surface area contributed by atoms with Gasteiger partial charge in [-0.2, -0.15) is 0 Å². The minimum Gasteiger partial charge on any atom is -0.324 e. The molecule has 0 aliphatic rings. The van der Waals surface area contributed by atoms with Crippen LogP contribution < -0.4 is 0 Å².